The number of halogens is 3. The number of aromatic nitrogens is 2. The van der Waals surface area contributed by atoms with Gasteiger partial charge in [-0.05, 0) is 41.1 Å². The Hall–Kier alpha value is -1.68. The van der Waals surface area contributed by atoms with E-state index in [4.69, 9.17) is 0 Å². The van der Waals surface area contributed by atoms with Crippen molar-refractivity contribution >= 4 is 50.5 Å². The van der Waals surface area contributed by atoms with Crippen LogP contribution in [0.2, 0.25) is 0 Å². The van der Waals surface area contributed by atoms with Gasteiger partial charge in [-0.3, -0.25) is 4.90 Å². The molecule has 1 amide bonds. The Labute approximate surface area is 160 Å². The predicted octanol–water partition coefficient (Wildman–Crippen LogP) is 3.72. The van der Waals surface area contributed by atoms with Crippen LogP contribution in [-0.4, -0.2) is 57.5 Å². The molecule has 1 aromatic heterocycles. The molecule has 2 atom stereocenters. The number of piperazine rings is 1. The van der Waals surface area contributed by atoms with Gasteiger partial charge in [0.15, 0.2) is 11.0 Å². The van der Waals surface area contributed by atoms with Crippen LogP contribution in [0.3, 0.4) is 0 Å². The first-order valence-corrected chi connectivity index (χ1v) is 10.1. The van der Waals surface area contributed by atoms with Gasteiger partial charge in [0, 0.05) is 18.5 Å². The van der Waals surface area contributed by atoms with Gasteiger partial charge in [0.05, 0.1) is 16.6 Å². The number of amides is 1. The normalized spacial score (nSPS) is 22.3. The van der Waals surface area contributed by atoms with Crippen LogP contribution in [-0.2, 0) is 0 Å². The van der Waals surface area contributed by atoms with Gasteiger partial charge in [-0.1, -0.05) is 11.8 Å². The number of rotatable bonds is 2. The lowest BCUT2D eigenvalue weighted by atomic mass is 10.1. The van der Waals surface area contributed by atoms with Gasteiger partial charge in [-0.2, -0.15) is 0 Å². The fourth-order valence-electron chi connectivity index (χ4n) is 3.86. The Kier molecular flexibility index (Phi) is 4.42. The molecule has 2 saturated heterocycles. The second-order valence-corrected chi connectivity index (χ2v) is 7.96. The van der Waals surface area contributed by atoms with Gasteiger partial charge in [-0.25, -0.2) is 23.5 Å². The first-order chi connectivity index (χ1) is 12.4. The minimum atomic E-state index is -0.921. The Morgan fingerprint density at radius 2 is 1.96 bits per heavy atom. The maximum absolute atomic E-state index is 14.6. The van der Waals surface area contributed by atoms with Crippen LogP contribution >= 0.6 is 27.7 Å². The van der Waals surface area contributed by atoms with Crippen LogP contribution in [0.25, 0.3) is 10.9 Å². The number of nitrogens with zero attached hydrogens (tertiary/aromatic N) is 4. The van der Waals surface area contributed by atoms with Crippen molar-refractivity contribution in [2.45, 2.75) is 30.1 Å². The number of fused-ring (bicyclic) bond motifs is 3. The summed E-state index contributed by atoms with van der Waals surface area (Å²) in [7, 11) is 0. The topological polar surface area (TPSA) is 69.6 Å². The maximum atomic E-state index is 14.6. The molecule has 6 nitrogen and oxygen atoms in total. The molecule has 0 saturated carbocycles. The van der Waals surface area contributed by atoms with E-state index in [0.29, 0.717) is 29.5 Å². The fourth-order valence-corrected chi connectivity index (χ4v) is 4.52. The van der Waals surface area contributed by atoms with Crippen molar-refractivity contribution < 1.29 is 18.7 Å². The highest BCUT2D eigenvalue weighted by Gasteiger charge is 2.43. The first kappa shape index (κ1) is 17.7. The van der Waals surface area contributed by atoms with Crippen molar-refractivity contribution in [2.24, 2.45) is 0 Å². The van der Waals surface area contributed by atoms with E-state index >= 15 is 0 Å². The second-order valence-electron chi connectivity index (χ2n) is 6.40. The molecule has 10 heteroatoms. The number of hydrogen-bond acceptors (Lipinski definition) is 5. The zero-order chi connectivity index (χ0) is 18.6. The Morgan fingerprint density at radius 3 is 2.54 bits per heavy atom. The third-order valence-corrected chi connectivity index (χ3v) is 6.25. The Bertz CT molecular complexity index is 902. The van der Waals surface area contributed by atoms with Gasteiger partial charge in [0.2, 0.25) is 0 Å². The lowest BCUT2D eigenvalue weighted by Crippen LogP contribution is -2.55. The molecule has 26 heavy (non-hydrogen) atoms. The van der Waals surface area contributed by atoms with E-state index < -0.39 is 17.7 Å². The monoisotopic (exact) mass is 444 g/mol. The number of anilines is 1. The number of carbonyl (C=O) groups is 1. The molecule has 2 aliphatic heterocycles. The summed E-state index contributed by atoms with van der Waals surface area (Å²) in [5.41, 5.74) is 0.0561. The standard InChI is InChI=1S/C16H15BrF2N4O2S/c1-26-15-20-13-9(4-10(18)11(17)12(13)19)14(21-15)22-5-7-2-3-8(6-22)23(7)16(24)25/h4,7-8H,2-3,5-6H2,1H3,(H,24,25). The first-order valence-electron chi connectivity index (χ1n) is 8.06. The molecule has 138 valence electrons. The summed E-state index contributed by atoms with van der Waals surface area (Å²) in [6.45, 7) is 0.893. The zero-order valence-corrected chi connectivity index (χ0v) is 16.1. The van der Waals surface area contributed by atoms with Crippen LogP contribution in [0.1, 0.15) is 12.8 Å². The smallest absolute Gasteiger partial charge is 0.407 e. The van der Waals surface area contributed by atoms with E-state index in [0.717, 1.165) is 12.8 Å². The quantitative estimate of drug-likeness (QED) is 0.432. The van der Waals surface area contributed by atoms with Gasteiger partial charge in [0.1, 0.15) is 17.2 Å². The highest BCUT2D eigenvalue weighted by molar-refractivity contribution is 9.10. The van der Waals surface area contributed by atoms with E-state index in [1.807, 2.05) is 4.90 Å². The lowest BCUT2D eigenvalue weighted by Gasteiger charge is -2.40. The van der Waals surface area contributed by atoms with Gasteiger partial charge in [0.25, 0.3) is 0 Å². The summed E-state index contributed by atoms with van der Waals surface area (Å²) in [5.74, 6) is -1.03. The predicted molar refractivity (Wildman–Crippen MR) is 97.8 cm³/mol. The van der Waals surface area contributed by atoms with Crippen LogP contribution in [0, 0.1) is 11.6 Å². The molecule has 2 bridgehead atoms. The van der Waals surface area contributed by atoms with E-state index in [9.17, 15) is 18.7 Å². The fraction of sp³-hybridized carbons (Fsp3) is 0.438. The van der Waals surface area contributed by atoms with Crippen LogP contribution in [0.15, 0.2) is 15.7 Å². The molecule has 2 unspecified atom stereocenters. The average molecular weight is 445 g/mol. The van der Waals surface area contributed by atoms with Crippen molar-refractivity contribution in [2.75, 3.05) is 24.2 Å². The van der Waals surface area contributed by atoms with Gasteiger partial charge in [-0.15, -0.1) is 0 Å². The van der Waals surface area contributed by atoms with Crippen molar-refractivity contribution in [3.63, 3.8) is 0 Å². The number of benzene rings is 1. The lowest BCUT2D eigenvalue weighted by molar-refractivity contribution is 0.114. The minimum Gasteiger partial charge on any atom is -0.465 e. The van der Waals surface area contributed by atoms with Crippen molar-refractivity contribution in [3.8, 4) is 0 Å². The van der Waals surface area contributed by atoms with E-state index in [-0.39, 0.29) is 22.1 Å². The Morgan fingerprint density at radius 1 is 1.31 bits per heavy atom. The van der Waals surface area contributed by atoms with Crippen LogP contribution in [0.4, 0.5) is 19.4 Å². The summed E-state index contributed by atoms with van der Waals surface area (Å²) in [4.78, 5) is 23.6. The summed E-state index contributed by atoms with van der Waals surface area (Å²) in [5, 5.41) is 10.1. The molecule has 4 rings (SSSR count). The minimum absolute atomic E-state index is 0.0561. The molecule has 3 heterocycles. The van der Waals surface area contributed by atoms with Crippen molar-refractivity contribution in [1.82, 2.24) is 14.9 Å². The summed E-state index contributed by atoms with van der Waals surface area (Å²) in [6.07, 6.45) is 2.42. The molecule has 2 fully saturated rings. The second kappa shape index (κ2) is 6.49. The molecule has 0 spiro atoms. The van der Waals surface area contributed by atoms with Crippen LogP contribution in [0.5, 0.6) is 0 Å². The molecule has 2 aromatic rings. The molecule has 1 aromatic carbocycles. The molecule has 0 aliphatic carbocycles. The number of hydrogen-bond donors (Lipinski definition) is 1. The highest BCUT2D eigenvalue weighted by atomic mass is 79.9. The van der Waals surface area contributed by atoms with Crippen molar-refractivity contribution in [1.29, 1.82) is 0 Å². The molecular weight excluding hydrogens is 430 g/mol. The number of thioether (sulfide) groups is 1. The van der Waals surface area contributed by atoms with Gasteiger partial charge < -0.3 is 10.0 Å². The SMILES string of the molecule is CSc1nc(N2CC3CCC(C2)N3C(=O)O)c2cc(F)c(Br)c(F)c2n1. The van der Waals surface area contributed by atoms with Crippen LogP contribution < -0.4 is 4.90 Å². The third-order valence-electron chi connectivity index (χ3n) is 4.97. The molecule has 0 radical (unpaired) electrons. The molecular formula is C16H15BrF2N4O2S. The average Bonchev–Trinajstić information content (AvgIpc) is 2.90. The van der Waals surface area contributed by atoms with E-state index in [2.05, 4.69) is 25.9 Å². The van der Waals surface area contributed by atoms with E-state index in [1.54, 1.807) is 6.26 Å². The number of carboxylic acid groups (broad SMARTS) is 1. The summed E-state index contributed by atoms with van der Waals surface area (Å²) >= 11 is 4.19. The van der Waals surface area contributed by atoms with E-state index in [1.165, 1.54) is 22.7 Å². The van der Waals surface area contributed by atoms with Crippen molar-refractivity contribution in [3.05, 3.63) is 22.2 Å². The third kappa shape index (κ3) is 2.70. The maximum Gasteiger partial charge on any atom is 0.407 e. The van der Waals surface area contributed by atoms with Gasteiger partial charge >= 0.3 is 6.09 Å². The zero-order valence-electron chi connectivity index (χ0n) is 13.7. The largest absolute Gasteiger partial charge is 0.465 e. The summed E-state index contributed by atoms with van der Waals surface area (Å²) in [6, 6.07) is 0.950. The molecule has 1 N–H and O–H groups in total. The Balaban J connectivity index is 1.83. The summed E-state index contributed by atoms with van der Waals surface area (Å²) < 4.78 is 28.4. The molecule has 2 aliphatic rings. The highest BCUT2D eigenvalue weighted by Crippen LogP contribution is 2.37.